The van der Waals surface area contributed by atoms with Gasteiger partial charge in [-0.2, -0.15) is 0 Å². The third-order valence-corrected chi connectivity index (χ3v) is 5.94. The van der Waals surface area contributed by atoms with Gasteiger partial charge < -0.3 is 15.1 Å². The number of amides is 2. The number of anilines is 2. The molecule has 4 rings (SSSR count). The van der Waals surface area contributed by atoms with Gasteiger partial charge in [-0.3, -0.25) is 9.59 Å². The smallest absolute Gasteiger partial charge is 0.227 e. The van der Waals surface area contributed by atoms with Gasteiger partial charge >= 0.3 is 0 Å². The van der Waals surface area contributed by atoms with E-state index in [-0.39, 0.29) is 29.5 Å². The Morgan fingerprint density at radius 1 is 1.30 bits per heavy atom. The molecule has 1 aromatic heterocycles. The van der Waals surface area contributed by atoms with Gasteiger partial charge in [-0.25, -0.2) is 9.07 Å². The van der Waals surface area contributed by atoms with Crippen molar-refractivity contribution in [2.24, 2.45) is 13.0 Å². The van der Waals surface area contributed by atoms with Crippen LogP contribution in [0.15, 0.2) is 18.2 Å². The molecule has 2 fully saturated rings. The van der Waals surface area contributed by atoms with E-state index in [1.54, 1.807) is 21.7 Å². The van der Waals surface area contributed by atoms with Gasteiger partial charge in [-0.15, -0.1) is 5.10 Å². The molecule has 160 valence electrons. The van der Waals surface area contributed by atoms with E-state index in [9.17, 15) is 14.0 Å². The van der Waals surface area contributed by atoms with Gasteiger partial charge in [0, 0.05) is 64.1 Å². The van der Waals surface area contributed by atoms with E-state index >= 15 is 0 Å². The molecule has 0 saturated carbocycles. The number of carbonyl (C=O) groups is 2. The van der Waals surface area contributed by atoms with Gasteiger partial charge in [0.15, 0.2) is 5.82 Å². The monoisotopic (exact) mass is 415 g/mol. The fourth-order valence-electron chi connectivity index (χ4n) is 4.34. The van der Waals surface area contributed by atoms with Crippen molar-refractivity contribution in [2.75, 3.05) is 36.0 Å². The maximum absolute atomic E-state index is 14.9. The molecule has 1 unspecified atom stereocenters. The van der Waals surface area contributed by atoms with E-state index in [1.165, 1.54) is 13.0 Å². The predicted octanol–water partition coefficient (Wildman–Crippen LogP) is 1.22. The third-order valence-electron chi connectivity index (χ3n) is 5.94. The number of piperidine rings is 1. The summed E-state index contributed by atoms with van der Waals surface area (Å²) in [5.41, 5.74) is 1.11. The average molecular weight is 415 g/mol. The Morgan fingerprint density at radius 2 is 2.07 bits per heavy atom. The van der Waals surface area contributed by atoms with Crippen molar-refractivity contribution in [3.8, 4) is 0 Å². The lowest BCUT2D eigenvalue weighted by atomic mass is 9.95. The SMILES string of the molecule is CC(=O)NCC1CC(=O)N(c2ccc(N3CCC(c4nnnn4C)CC3)c(F)c2)C1. The predicted molar refractivity (Wildman–Crippen MR) is 109 cm³/mol. The first-order chi connectivity index (χ1) is 14.4. The Bertz CT molecular complexity index is 939. The molecule has 0 spiro atoms. The molecule has 10 heteroatoms. The van der Waals surface area contributed by atoms with Crippen LogP contribution in [0.2, 0.25) is 0 Å². The van der Waals surface area contributed by atoms with E-state index in [1.807, 2.05) is 11.9 Å². The molecule has 0 aliphatic carbocycles. The summed E-state index contributed by atoms with van der Waals surface area (Å²) in [5, 5.41) is 14.4. The zero-order valence-corrected chi connectivity index (χ0v) is 17.2. The molecule has 9 nitrogen and oxygen atoms in total. The lowest BCUT2D eigenvalue weighted by Gasteiger charge is -2.33. The molecule has 1 aromatic carbocycles. The number of tetrazole rings is 1. The number of nitrogens with zero attached hydrogens (tertiary/aromatic N) is 6. The summed E-state index contributed by atoms with van der Waals surface area (Å²) in [6, 6.07) is 4.99. The molecular formula is C20H26FN7O2. The van der Waals surface area contributed by atoms with Gasteiger partial charge in [0.25, 0.3) is 0 Å². The highest BCUT2D eigenvalue weighted by molar-refractivity contribution is 5.96. The summed E-state index contributed by atoms with van der Waals surface area (Å²) >= 11 is 0. The van der Waals surface area contributed by atoms with Crippen LogP contribution in [-0.2, 0) is 16.6 Å². The normalized spacial score (nSPS) is 20.1. The van der Waals surface area contributed by atoms with E-state index in [0.717, 1.165) is 31.8 Å². The van der Waals surface area contributed by atoms with Crippen LogP contribution in [0.4, 0.5) is 15.8 Å². The second-order valence-electron chi connectivity index (χ2n) is 8.07. The largest absolute Gasteiger partial charge is 0.369 e. The number of carbonyl (C=O) groups excluding carboxylic acids is 2. The number of rotatable bonds is 5. The molecule has 1 N–H and O–H groups in total. The van der Waals surface area contributed by atoms with Crippen LogP contribution in [0, 0.1) is 11.7 Å². The Morgan fingerprint density at radius 3 is 2.70 bits per heavy atom. The van der Waals surface area contributed by atoms with Crippen LogP contribution in [0.3, 0.4) is 0 Å². The van der Waals surface area contributed by atoms with Gasteiger partial charge in [0.2, 0.25) is 11.8 Å². The zero-order chi connectivity index (χ0) is 21.3. The molecule has 30 heavy (non-hydrogen) atoms. The molecular weight excluding hydrogens is 389 g/mol. The topological polar surface area (TPSA) is 96.2 Å². The second kappa shape index (κ2) is 8.37. The molecule has 2 saturated heterocycles. The molecule has 1 atom stereocenters. The summed E-state index contributed by atoms with van der Waals surface area (Å²) in [4.78, 5) is 27.1. The number of aromatic nitrogens is 4. The highest BCUT2D eigenvalue weighted by Gasteiger charge is 2.31. The second-order valence-corrected chi connectivity index (χ2v) is 8.07. The Kier molecular flexibility index (Phi) is 5.65. The molecule has 0 bridgehead atoms. The minimum Gasteiger partial charge on any atom is -0.369 e. The van der Waals surface area contributed by atoms with Crippen molar-refractivity contribution in [3.05, 3.63) is 29.8 Å². The molecule has 2 aromatic rings. The van der Waals surface area contributed by atoms with Crippen molar-refractivity contribution >= 4 is 23.2 Å². The van der Waals surface area contributed by atoms with Crippen molar-refractivity contribution in [3.63, 3.8) is 0 Å². The van der Waals surface area contributed by atoms with Gasteiger partial charge in [-0.1, -0.05) is 0 Å². The number of hydrogen-bond donors (Lipinski definition) is 1. The first-order valence-electron chi connectivity index (χ1n) is 10.2. The first-order valence-corrected chi connectivity index (χ1v) is 10.2. The van der Waals surface area contributed by atoms with Crippen molar-refractivity contribution in [1.82, 2.24) is 25.5 Å². The van der Waals surface area contributed by atoms with E-state index in [2.05, 4.69) is 20.8 Å². The summed E-state index contributed by atoms with van der Waals surface area (Å²) in [7, 11) is 1.83. The van der Waals surface area contributed by atoms with Gasteiger partial charge in [-0.05, 0) is 41.5 Å². The van der Waals surface area contributed by atoms with E-state index in [4.69, 9.17) is 0 Å². The maximum atomic E-state index is 14.9. The first kappa shape index (κ1) is 20.2. The van der Waals surface area contributed by atoms with Crippen LogP contribution in [0.25, 0.3) is 0 Å². The van der Waals surface area contributed by atoms with Crippen LogP contribution < -0.4 is 15.1 Å². The molecule has 2 amide bonds. The number of benzene rings is 1. The Hall–Kier alpha value is -3.04. The summed E-state index contributed by atoms with van der Waals surface area (Å²) in [6.45, 7) is 3.82. The quantitative estimate of drug-likeness (QED) is 0.789. The van der Waals surface area contributed by atoms with Crippen molar-refractivity contribution in [2.45, 2.75) is 32.1 Å². The summed E-state index contributed by atoms with van der Waals surface area (Å²) < 4.78 is 16.6. The highest BCUT2D eigenvalue weighted by Crippen LogP contribution is 2.33. The number of aryl methyl sites for hydroxylation is 1. The number of hydrogen-bond acceptors (Lipinski definition) is 6. The van der Waals surface area contributed by atoms with E-state index < -0.39 is 0 Å². The fraction of sp³-hybridized carbons (Fsp3) is 0.550. The van der Waals surface area contributed by atoms with Gasteiger partial charge in [0.05, 0.1) is 5.69 Å². The molecule has 0 radical (unpaired) electrons. The lowest BCUT2D eigenvalue weighted by molar-refractivity contribution is -0.120. The fourth-order valence-corrected chi connectivity index (χ4v) is 4.34. The third kappa shape index (κ3) is 4.12. The van der Waals surface area contributed by atoms with Crippen LogP contribution in [0.5, 0.6) is 0 Å². The van der Waals surface area contributed by atoms with Crippen LogP contribution in [-0.4, -0.2) is 58.2 Å². The summed E-state index contributed by atoms with van der Waals surface area (Å²) in [6.07, 6.45) is 2.06. The molecule has 3 heterocycles. The highest BCUT2D eigenvalue weighted by atomic mass is 19.1. The number of halogens is 1. The van der Waals surface area contributed by atoms with Crippen molar-refractivity contribution in [1.29, 1.82) is 0 Å². The Balaban J connectivity index is 1.40. The minimum atomic E-state index is -0.329. The number of nitrogens with one attached hydrogen (secondary N) is 1. The van der Waals surface area contributed by atoms with Crippen LogP contribution in [0.1, 0.15) is 37.9 Å². The zero-order valence-electron chi connectivity index (χ0n) is 17.2. The maximum Gasteiger partial charge on any atom is 0.227 e. The average Bonchev–Trinajstić information content (AvgIpc) is 3.32. The standard InChI is InChI=1S/C20H26FN7O2/c1-13(29)22-11-14-9-19(30)28(12-14)16-3-4-18(17(21)10-16)27-7-5-15(6-8-27)20-23-24-25-26(20)2/h3-4,10,14-15H,5-9,11-12H2,1-2H3,(H,22,29). The lowest BCUT2D eigenvalue weighted by Crippen LogP contribution is -2.34. The summed E-state index contributed by atoms with van der Waals surface area (Å²) in [5.74, 6) is 0.687. The molecule has 2 aliphatic rings. The van der Waals surface area contributed by atoms with Crippen molar-refractivity contribution < 1.29 is 14.0 Å². The van der Waals surface area contributed by atoms with Crippen LogP contribution >= 0.6 is 0 Å². The minimum absolute atomic E-state index is 0.0401. The van der Waals surface area contributed by atoms with Gasteiger partial charge in [0.1, 0.15) is 5.82 Å². The Labute approximate surface area is 174 Å². The molecule has 2 aliphatic heterocycles. The van der Waals surface area contributed by atoms with E-state index in [0.29, 0.717) is 30.9 Å².